The Kier molecular flexibility index (Phi) is 1.44. The van der Waals surface area contributed by atoms with Crippen molar-refractivity contribution in [2.24, 2.45) is 29.6 Å². The Balaban J connectivity index is 2.01. The molecule has 0 aromatic carbocycles. The normalized spacial score (nSPS) is 50.4. The zero-order chi connectivity index (χ0) is 10.0. The van der Waals surface area contributed by atoms with Crippen molar-refractivity contribution < 1.29 is 9.59 Å². The predicted octanol–water partition coefficient (Wildman–Crippen LogP) is 0.893. The number of imide groups is 1. The Bertz CT molecular complexity index is 325. The third-order valence-corrected chi connectivity index (χ3v) is 4.57. The highest BCUT2D eigenvalue weighted by atomic mass is 16.2. The van der Waals surface area contributed by atoms with E-state index in [-0.39, 0.29) is 23.7 Å². The van der Waals surface area contributed by atoms with E-state index in [4.69, 9.17) is 0 Å². The molecule has 2 saturated carbocycles. The van der Waals surface area contributed by atoms with Crippen LogP contribution in [-0.2, 0) is 9.59 Å². The van der Waals surface area contributed by atoms with E-state index in [9.17, 15) is 9.59 Å². The molecular weight excluding hydrogens is 178 g/mol. The van der Waals surface area contributed by atoms with Gasteiger partial charge in [-0.3, -0.25) is 14.5 Å². The van der Waals surface area contributed by atoms with Crippen LogP contribution in [0, 0.1) is 29.6 Å². The molecule has 76 valence electrons. The van der Waals surface area contributed by atoms with Crippen LogP contribution in [0.3, 0.4) is 0 Å². The van der Waals surface area contributed by atoms with Crippen molar-refractivity contribution in [2.75, 3.05) is 7.05 Å². The highest BCUT2D eigenvalue weighted by Gasteiger charge is 2.61. The minimum Gasteiger partial charge on any atom is -0.285 e. The van der Waals surface area contributed by atoms with Crippen LogP contribution in [0.1, 0.15) is 19.8 Å². The van der Waals surface area contributed by atoms with Crippen LogP contribution < -0.4 is 0 Å². The number of fused-ring (bicyclic) bond motifs is 5. The van der Waals surface area contributed by atoms with E-state index < -0.39 is 0 Å². The Hall–Kier alpha value is -0.860. The average molecular weight is 193 g/mol. The fourth-order valence-corrected chi connectivity index (χ4v) is 3.93. The lowest BCUT2D eigenvalue weighted by atomic mass is 9.76. The first kappa shape index (κ1) is 8.45. The van der Waals surface area contributed by atoms with Gasteiger partial charge in [0.05, 0.1) is 11.8 Å². The van der Waals surface area contributed by atoms with Gasteiger partial charge in [0.1, 0.15) is 0 Å². The van der Waals surface area contributed by atoms with Crippen molar-refractivity contribution in [3.05, 3.63) is 0 Å². The average Bonchev–Trinajstić information content (AvgIpc) is 2.74. The van der Waals surface area contributed by atoms with Gasteiger partial charge in [0.15, 0.2) is 0 Å². The molecule has 5 atom stereocenters. The Labute approximate surface area is 83.5 Å². The molecule has 0 spiro atoms. The van der Waals surface area contributed by atoms with Gasteiger partial charge in [-0.1, -0.05) is 6.92 Å². The van der Waals surface area contributed by atoms with Crippen LogP contribution in [0.4, 0.5) is 0 Å². The zero-order valence-corrected chi connectivity index (χ0v) is 8.56. The van der Waals surface area contributed by atoms with E-state index in [1.54, 1.807) is 7.05 Å². The third kappa shape index (κ3) is 0.748. The van der Waals surface area contributed by atoms with Crippen LogP contribution >= 0.6 is 0 Å². The molecule has 1 heterocycles. The van der Waals surface area contributed by atoms with E-state index in [0.717, 1.165) is 12.8 Å². The lowest BCUT2D eigenvalue weighted by Crippen LogP contribution is -2.29. The maximum atomic E-state index is 11.8. The van der Waals surface area contributed by atoms with Crippen molar-refractivity contribution in [2.45, 2.75) is 19.8 Å². The quantitative estimate of drug-likeness (QED) is 0.536. The summed E-state index contributed by atoms with van der Waals surface area (Å²) in [6.45, 7) is 2.22. The van der Waals surface area contributed by atoms with Gasteiger partial charge in [0.2, 0.25) is 11.8 Å². The monoisotopic (exact) mass is 193 g/mol. The number of hydrogen-bond acceptors (Lipinski definition) is 2. The smallest absolute Gasteiger partial charge is 0.233 e. The zero-order valence-electron chi connectivity index (χ0n) is 8.56. The minimum atomic E-state index is 0.0428. The third-order valence-electron chi connectivity index (χ3n) is 4.57. The molecule has 2 aliphatic carbocycles. The summed E-state index contributed by atoms with van der Waals surface area (Å²) < 4.78 is 0. The van der Waals surface area contributed by atoms with Gasteiger partial charge in [-0.05, 0) is 30.6 Å². The maximum absolute atomic E-state index is 11.8. The molecule has 0 N–H and O–H groups in total. The number of nitrogens with zero attached hydrogens (tertiary/aromatic N) is 1. The van der Waals surface area contributed by atoms with Crippen molar-refractivity contribution in [1.29, 1.82) is 0 Å². The summed E-state index contributed by atoms with van der Waals surface area (Å²) in [5.74, 6) is 1.89. The molecule has 0 aromatic rings. The number of likely N-dealkylation sites (tertiary alicyclic amines) is 1. The lowest BCUT2D eigenvalue weighted by molar-refractivity contribution is -0.139. The fraction of sp³-hybridized carbons (Fsp3) is 0.818. The number of carbonyl (C=O) groups excluding carboxylic acids is 2. The van der Waals surface area contributed by atoms with Gasteiger partial charge < -0.3 is 0 Å². The first-order valence-electron chi connectivity index (χ1n) is 5.42. The number of rotatable bonds is 0. The van der Waals surface area contributed by atoms with E-state index in [1.807, 2.05) is 0 Å². The second-order valence-corrected chi connectivity index (χ2v) is 5.16. The molecule has 1 saturated heterocycles. The molecule has 14 heavy (non-hydrogen) atoms. The summed E-state index contributed by atoms with van der Waals surface area (Å²) in [5.41, 5.74) is 0. The van der Waals surface area contributed by atoms with Crippen molar-refractivity contribution in [3.8, 4) is 0 Å². The molecule has 3 rings (SSSR count). The largest absolute Gasteiger partial charge is 0.285 e. The molecular formula is C11H15NO2. The van der Waals surface area contributed by atoms with E-state index in [1.165, 1.54) is 4.90 Å². The number of amides is 2. The summed E-state index contributed by atoms with van der Waals surface area (Å²) in [5, 5.41) is 0. The van der Waals surface area contributed by atoms with Crippen molar-refractivity contribution >= 4 is 11.8 Å². The van der Waals surface area contributed by atoms with Crippen LogP contribution in [0.25, 0.3) is 0 Å². The van der Waals surface area contributed by atoms with Gasteiger partial charge in [0.25, 0.3) is 0 Å². The van der Waals surface area contributed by atoms with Crippen molar-refractivity contribution in [3.63, 3.8) is 0 Å². The second-order valence-electron chi connectivity index (χ2n) is 5.16. The second kappa shape index (κ2) is 2.38. The molecule has 0 radical (unpaired) electrons. The first-order valence-corrected chi connectivity index (χ1v) is 5.42. The van der Waals surface area contributed by atoms with Crippen molar-refractivity contribution in [1.82, 2.24) is 4.90 Å². The molecule has 2 bridgehead atoms. The SMILES string of the molecule is CC1C[C@@H]2CC1C1C(=O)N(C)C(=O)[C@H]12. The molecule has 3 fully saturated rings. The summed E-state index contributed by atoms with van der Waals surface area (Å²) in [4.78, 5) is 25.0. The Morgan fingerprint density at radius 2 is 1.79 bits per heavy atom. The van der Waals surface area contributed by atoms with Gasteiger partial charge in [-0.15, -0.1) is 0 Å². The highest BCUT2D eigenvalue weighted by molar-refractivity contribution is 6.05. The summed E-state index contributed by atoms with van der Waals surface area (Å²) in [6, 6.07) is 0. The fourth-order valence-electron chi connectivity index (χ4n) is 3.93. The molecule has 2 amide bonds. The molecule has 3 heteroatoms. The predicted molar refractivity (Wildman–Crippen MR) is 50.1 cm³/mol. The summed E-state index contributed by atoms with van der Waals surface area (Å²) in [7, 11) is 1.63. The minimum absolute atomic E-state index is 0.0428. The van der Waals surface area contributed by atoms with Gasteiger partial charge in [-0.25, -0.2) is 0 Å². The van der Waals surface area contributed by atoms with E-state index >= 15 is 0 Å². The highest BCUT2D eigenvalue weighted by Crippen LogP contribution is 2.58. The molecule has 3 nitrogen and oxygen atoms in total. The standard InChI is InChI=1S/C11H15NO2/c1-5-3-6-4-7(5)9-8(6)10(13)12(2)11(9)14/h5-9H,3-4H2,1-2H3/t5?,6-,7?,8+,9?/m1/s1. The Morgan fingerprint density at radius 3 is 2.50 bits per heavy atom. The van der Waals surface area contributed by atoms with Crippen LogP contribution in [-0.4, -0.2) is 23.8 Å². The van der Waals surface area contributed by atoms with Crippen LogP contribution in [0.5, 0.6) is 0 Å². The van der Waals surface area contributed by atoms with E-state index in [2.05, 4.69) is 6.92 Å². The van der Waals surface area contributed by atoms with Crippen LogP contribution in [0.2, 0.25) is 0 Å². The lowest BCUT2D eigenvalue weighted by Gasteiger charge is -2.25. The van der Waals surface area contributed by atoms with E-state index in [0.29, 0.717) is 17.8 Å². The topological polar surface area (TPSA) is 37.4 Å². The van der Waals surface area contributed by atoms with Gasteiger partial charge in [-0.2, -0.15) is 0 Å². The number of hydrogen-bond donors (Lipinski definition) is 0. The molecule has 3 unspecified atom stereocenters. The summed E-state index contributed by atoms with van der Waals surface area (Å²) >= 11 is 0. The summed E-state index contributed by atoms with van der Waals surface area (Å²) in [6.07, 6.45) is 2.26. The van der Waals surface area contributed by atoms with Gasteiger partial charge >= 0.3 is 0 Å². The molecule has 1 aliphatic heterocycles. The number of carbonyl (C=O) groups is 2. The maximum Gasteiger partial charge on any atom is 0.233 e. The molecule has 0 aromatic heterocycles. The van der Waals surface area contributed by atoms with Gasteiger partial charge in [0, 0.05) is 7.05 Å². The van der Waals surface area contributed by atoms with Crippen LogP contribution in [0.15, 0.2) is 0 Å². The molecule has 3 aliphatic rings. The first-order chi connectivity index (χ1) is 6.61. The Morgan fingerprint density at radius 1 is 1.14 bits per heavy atom.